The fourth-order valence-electron chi connectivity index (χ4n) is 2.85. The van der Waals surface area contributed by atoms with Crippen LogP contribution in [0.5, 0.6) is 0 Å². The Hall–Kier alpha value is -3.42. The number of methoxy groups -OCH3 is 1. The zero-order valence-corrected chi connectivity index (χ0v) is 15.6. The maximum Gasteiger partial charge on any atom is 0.355 e. The third-order valence-electron chi connectivity index (χ3n) is 4.25. The Bertz CT molecular complexity index is 962. The smallest absolute Gasteiger partial charge is 0.355 e. The van der Waals surface area contributed by atoms with Gasteiger partial charge in [-0.2, -0.15) is 5.10 Å². The van der Waals surface area contributed by atoms with Crippen LogP contribution >= 0.6 is 0 Å². The number of ether oxygens (including phenoxy) is 1. The van der Waals surface area contributed by atoms with Gasteiger partial charge in [0.05, 0.1) is 13.3 Å². The number of anilines is 2. The highest BCUT2D eigenvalue weighted by Crippen LogP contribution is 2.21. The zero-order valence-electron chi connectivity index (χ0n) is 15.6. The average molecular weight is 366 g/mol. The first kappa shape index (κ1) is 18.4. The molecule has 0 aliphatic rings. The fourth-order valence-corrected chi connectivity index (χ4v) is 2.85. The van der Waals surface area contributed by atoms with Gasteiger partial charge in [0.25, 0.3) is 0 Å². The normalized spacial score (nSPS) is 11.1. The zero-order chi connectivity index (χ0) is 19.2. The van der Waals surface area contributed by atoms with E-state index in [-0.39, 0.29) is 0 Å². The predicted octanol–water partition coefficient (Wildman–Crippen LogP) is 3.04. The van der Waals surface area contributed by atoms with Crippen LogP contribution in [0.25, 0.3) is 10.9 Å². The van der Waals surface area contributed by atoms with Crippen LogP contribution in [-0.4, -0.2) is 47.3 Å². The number of carbonyl (C=O) groups is 1. The number of hydrazone groups is 1. The highest BCUT2D eigenvalue weighted by molar-refractivity contribution is 6.09. The number of nitrogens with zero attached hydrogens (tertiary/aromatic N) is 4. The van der Waals surface area contributed by atoms with Crippen molar-refractivity contribution in [3.05, 3.63) is 47.9 Å². The Morgan fingerprint density at radius 2 is 2.07 bits per heavy atom. The van der Waals surface area contributed by atoms with Gasteiger partial charge in [0.2, 0.25) is 0 Å². The minimum atomic E-state index is -0.446. The fraction of sp³-hybridized carbons (Fsp3) is 0.263. The van der Waals surface area contributed by atoms with Crippen LogP contribution in [0.2, 0.25) is 0 Å². The second-order valence-electron chi connectivity index (χ2n) is 5.75. The molecular formula is C19H22N6O2. The highest BCUT2D eigenvalue weighted by Gasteiger charge is 2.16. The first-order chi connectivity index (χ1) is 13.2. The molecule has 0 saturated carbocycles. The lowest BCUT2D eigenvalue weighted by Crippen LogP contribution is -2.23. The number of hydrogen-bond acceptors (Lipinski definition) is 7. The number of esters is 1. The molecule has 0 atom stereocenters. The number of carbonyl (C=O) groups excluding carboxylic acids is 1. The van der Waals surface area contributed by atoms with Crippen molar-refractivity contribution < 1.29 is 9.53 Å². The number of aromatic nitrogens is 3. The van der Waals surface area contributed by atoms with Gasteiger partial charge in [-0.25, -0.2) is 14.8 Å². The quantitative estimate of drug-likeness (QED) is 0.379. The Labute approximate surface area is 157 Å². The molecule has 0 amide bonds. The second kappa shape index (κ2) is 8.31. The first-order valence-corrected chi connectivity index (χ1v) is 8.73. The van der Waals surface area contributed by atoms with E-state index < -0.39 is 5.97 Å². The number of rotatable bonds is 7. The van der Waals surface area contributed by atoms with Gasteiger partial charge in [-0.05, 0) is 19.9 Å². The summed E-state index contributed by atoms with van der Waals surface area (Å²) in [4.78, 5) is 25.7. The van der Waals surface area contributed by atoms with Crippen LogP contribution in [0, 0.1) is 0 Å². The summed E-state index contributed by atoms with van der Waals surface area (Å²) >= 11 is 0. The van der Waals surface area contributed by atoms with Crippen molar-refractivity contribution in [3.8, 4) is 0 Å². The van der Waals surface area contributed by atoms with Crippen molar-refractivity contribution >= 4 is 34.7 Å². The maximum absolute atomic E-state index is 12.1. The van der Waals surface area contributed by atoms with Gasteiger partial charge >= 0.3 is 5.97 Å². The molecular weight excluding hydrogens is 344 g/mol. The van der Waals surface area contributed by atoms with Gasteiger partial charge in [-0.3, -0.25) is 5.43 Å². The summed E-state index contributed by atoms with van der Waals surface area (Å²) in [6, 6.07) is 9.45. The molecule has 0 unspecified atom stereocenters. The topological polar surface area (TPSA) is 95.5 Å². The summed E-state index contributed by atoms with van der Waals surface area (Å²) in [6.07, 6.45) is 3.08. The SMILES string of the molecule is CCN(CC)c1cc(N/N=C/c2c(C(=O)OC)[nH]c3ccccc23)ncn1. The third-order valence-corrected chi connectivity index (χ3v) is 4.25. The lowest BCUT2D eigenvalue weighted by Gasteiger charge is -2.19. The van der Waals surface area contributed by atoms with Crippen molar-refractivity contribution in [1.29, 1.82) is 0 Å². The van der Waals surface area contributed by atoms with E-state index in [1.54, 1.807) is 6.21 Å². The van der Waals surface area contributed by atoms with Crippen molar-refractivity contribution in [2.75, 3.05) is 30.5 Å². The van der Waals surface area contributed by atoms with Gasteiger partial charge in [-0.1, -0.05) is 18.2 Å². The van der Waals surface area contributed by atoms with E-state index in [0.29, 0.717) is 17.1 Å². The second-order valence-corrected chi connectivity index (χ2v) is 5.75. The van der Waals surface area contributed by atoms with E-state index in [1.165, 1.54) is 13.4 Å². The standard InChI is InChI=1S/C19H22N6O2/c1-4-25(5-2)17-10-16(20-12-21-17)24-22-11-14-13-8-6-7-9-15(13)23-18(14)19(26)27-3/h6-12,23H,4-5H2,1-3H3,(H,20,21,24)/b22-11+. The monoisotopic (exact) mass is 366 g/mol. The van der Waals surface area contributed by atoms with E-state index >= 15 is 0 Å². The van der Waals surface area contributed by atoms with Gasteiger partial charge in [0.15, 0.2) is 5.82 Å². The molecule has 0 spiro atoms. The van der Waals surface area contributed by atoms with Crippen LogP contribution in [0.3, 0.4) is 0 Å². The van der Waals surface area contributed by atoms with Crippen molar-refractivity contribution in [3.63, 3.8) is 0 Å². The Balaban J connectivity index is 1.87. The van der Waals surface area contributed by atoms with Gasteiger partial charge in [0, 0.05) is 35.6 Å². The van der Waals surface area contributed by atoms with Crippen LogP contribution in [-0.2, 0) is 4.74 Å². The predicted molar refractivity (Wildman–Crippen MR) is 106 cm³/mol. The van der Waals surface area contributed by atoms with Crippen molar-refractivity contribution in [2.45, 2.75) is 13.8 Å². The van der Waals surface area contributed by atoms with Crippen LogP contribution in [0.15, 0.2) is 41.8 Å². The molecule has 3 rings (SSSR count). The number of nitrogens with one attached hydrogen (secondary N) is 2. The largest absolute Gasteiger partial charge is 0.464 e. The number of H-pyrrole nitrogens is 1. The third kappa shape index (κ3) is 3.89. The lowest BCUT2D eigenvalue weighted by atomic mass is 10.1. The van der Waals surface area contributed by atoms with Crippen LogP contribution in [0.4, 0.5) is 11.6 Å². The summed E-state index contributed by atoms with van der Waals surface area (Å²) in [5.74, 6) is 0.955. The molecule has 0 fully saturated rings. The molecule has 8 heteroatoms. The van der Waals surface area contributed by atoms with Crippen molar-refractivity contribution in [2.24, 2.45) is 5.10 Å². The summed E-state index contributed by atoms with van der Waals surface area (Å²) in [6.45, 7) is 5.85. The highest BCUT2D eigenvalue weighted by atomic mass is 16.5. The lowest BCUT2D eigenvalue weighted by molar-refractivity contribution is 0.0595. The van der Waals surface area contributed by atoms with Crippen LogP contribution < -0.4 is 10.3 Å². The minimum Gasteiger partial charge on any atom is -0.464 e. The summed E-state index contributed by atoms with van der Waals surface area (Å²) in [5, 5.41) is 5.14. The molecule has 0 bridgehead atoms. The number of aromatic amines is 1. The van der Waals surface area contributed by atoms with Crippen LogP contribution in [0.1, 0.15) is 29.9 Å². The van der Waals surface area contributed by atoms with Crippen molar-refractivity contribution in [1.82, 2.24) is 15.0 Å². The molecule has 0 radical (unpaired) electrons. The first-order valence-electron chi connectivity index (χ1n) is 8.73. The molecule has 0 aliphatic carbocycles. The molecule has 0 saturated heterocycles. The molecule has 3 aromatic rings. The Kier molecular flexibility index (Phi) is 5.65. The molecule has 140 valence electrons. The Morgan fingerprint density at radius 3 is 2.81 bits per heavy atom. The molecule has 1 aromatic carbocycles. The van der Waals surface area contributed by atoms with E-state index in [9.17, 15) is 4.79 Å². The van der Waals surface area contributed by atoms with E-state index in [4.69, 9.17) is 4.74 Å². The molecule has 27 heavy (non-hydrogen) atoms. The van der Waals surface area contributed by atoms with E-state index in [2.05, 4.69) is 44.2 Å². The van der Waals surface area contributed by atoms with Gasteiger partial charge in [-0.15, -0.1) is 0 Å². The molecule has 8 nitrogen and oxygen atoms in total. The Morgan fingerprint density at radius 1 is 1.30 bits per heavy atom. The number of para-hydroxylation sites is 1. The number of fused-ring (bicyclic) bond motifs is 1. The molecule has 0 aliphatic heterocycles. The average Bonchev–Trinajstić information content (AvgIpc) is 3.07. The maximum atomic E-state index is 12.1. The molecule has 2 N–H and O–H groups in total. The summed E-state index contributed by atoms with van der Waals surface area (Å²) in [7, 11) is 1.35. The van der Waals surface area contributed by atoms with E-state index in [1.807, 2.05) is 30.3 Å². The van der Waals surface area contributed by atoms with Gasteiger partial charge in [0.1, 0.15) is 17.8 Å². The van der Waals surface area contributed by atoms with Gasteiger partial charge < -0.3 is 14.6 Å². The number of hydrogen-bond donors (Lipinski definition) is 2. The number of benzene rings is 1. The van der Waals surface area contributed by atoms with E-state index in [0.717, 1.165) is 29.8 Å². The summed E-state index contributed by atoms with van der Waals surface area (Å²) in [5.41, 5.74) is 4.75. The molecule has 2 aromatic heterocycles. The minimum absolute atomic E-state index is 0.357. The summed E-state index contributed by atoms with van der Waals surface area (Å²) < 4.78 is 4.86. The molecule has 2 heterocycles.